The summed E-state index contributed by atoms with van der Waals surface area (Å²) in [6, 6.07) is 2.34. The Bertz CT molecular complexity index is 598. The molecule has 0 aliphatic carbocycles. The molecule has 0 N–H and O–H groups in total. The van der Waals surface area contributed by atoms with Crippen LogP contribution in [0.25, 0.3) is 0 Å². The number of alkyl halides is 3. The van der Waals surface area contributed by atoms with E-state index in [0.717, 1.165) is 16.9 Å². The summed E-state index contributed by atoms with van der Waals surface area (Å²) in [5.74, 6) is 0. The van der Waals surface area contributed by atoms with Crippen LogP contribution in [0.1, 0.15) is 96.7 Å². The maximum atomic E-state index is 12.6. The van der Waals surface area contributed by atoms with E-state index >= 15 is 0 Å². The Morgan fingerprint density at radius 1 is 1.03 bits per heavy atom. The van der Waals surface area contributed by atoms with Gasteiger partial charge in [-0.3, -0.25) is 0 Å². The summed E-state index contributed by atoms with van der Waals surface area (Å²) in [7, 11) is 0. The zero-order valence-electron chi connectivity index (χ0n) is 19.6. The van der Waals surface area contributed by atoms with E-state index in [2.05, 4.69) is 30.7 Å². The van der Waals surface area contributed by atoms with Crippen molar-refractivity contribution in [2.24, 2.45) is 4.99 Å². The van der Waals surface area contributed by atoms with Crippen LogP contribution >= 0.6 is 0 Å². The van der Waals surface area contributed by atoms with Gasteiger partial charge in [0.15, 0.2) is 0 Å². The van der Waals surface area contributed by atoms with Gasteiger partial charge in [0.05, 0.1) is 0 Å². The van der Waals surface area contributed by atoms with Crippen molar-refractivity contribution in [2.45, 2.75) is 101 Å². The molecule has 1 aromatic rings. The van der Waals surface area contributed by atoms with Crippen molar-refractivity contribution >= 4 is 27.4 Å². The van der Waals surface area contributed by atoms with Crippen LogP contribution in [0.4, 0.5) is 13.2 Å². The van der Waals surface area contributed by atoms with Crippen LogP contribution in [0.15, 0.2) is 23.3 Å². The number of unbranched alkanes of at least 4 members (excludes halogenated alkanes) is 3. The van der Waals surface area contributed by atoms with Crippen LogP contribution in [0, 0.1) is 0 Å². The summed E-state index contributed by atoms with van der Waals surface area (Å²) in [6.07, 6.45) is 9.78. The van der Waals surface area contributed by atoms with Crippen LogP contribution < -0.4 is 0 Å². The predicted octanol–water partition coefficient (Wildman–Crippen LogP) is 7.32. The molecule has 1 heterocycles. The number of hydrogen-bond acceptors (Lipinski definition) is 3. The fourth-order valence-corrected chi connectivity index (χ4v) is 8.04. The van der Waals surface area contributed by atoms with Gasteiger partial charge in [-0.05, 0) is 0 Å². The standard InChI is InChI=1S/C13H27.C11H12F3N2O.Sn/c1-4-7-10-13(11-8-5-2)12-9-6-3;1-8(7-17-2)15-6-10-4-3-9(5-16-10)11(12,13)14;/h4-12H2,1-3H3;3-6,8H,2,7H2,1H3;/t;8-;/m.1./s1. The molecule has 0 aliphatic rings. The number of ether oxygens (including phenoxy) is 1. The number of hydrogen-bond donors (Lipinski definition) is 0. The van der Waals surface area contributed by atoms with Crippen LogP contribution in [0.5, 0.6) is 0 Å². The summed E-state index contributed by atoms with van der Waals surface area (Å²) in [6.45, 7) is 9.33. The van der Waals surface area contributed by atoms with E-state index in [0.29, 0.717) is 15.7 Å². The van der Waals surface area contributed by atoms with Gasteiger partial charge in [0, 0.05) is 0 Å². The van der Waals surface area contributed by atoms with Crippen molar-refractivity contribution in [3.8, 4) is 0 Å². The summed E-state index contributed by atoms with van der Waals surface area (Å²) in [5, 5.41) is 0. The van der Waals surface area contributed by atoms with Gasteiger partial charge in [0.25, 0.3) is 0 Å². The first kappa shape index (κ1) is 28.4. The summed E-state index contributed by atoms with van der Waals surface area (Å²) >= 11 is -0.686. The Labute approximate surface area is 196 Å². The molecule has 1 atom stereocenters. The summed E-state index contributed by atoms with van der Waals surface area (Å²) in [5.41, 5.74) is -0.321. The van der Waals surface area contributed by atoms with Gasteiger partial charge in [-0.1, -0.05) is 0 Å². The van der Waals surface area contributed by atoms with Crippen LogP contribution in [0.2, 0.25) is 3.43 Å². The number of aliphatic imine (C=N–C) groups is 1. The Balaban J connectivity index is 2.53. The molecule has 7 heteroatoms. The molecular weight excluding hydrogens is 508 g/mol. The van der Waals surface area contributed by atoms with Crippen molar-refractivity contribution in [1.29, 1.82) is 0 Å². The number of rotatable bonds is 16. The molecule has 0 saturated heterocycles. The molecule has 0 amide bonds. The second-order valence-corrected chi connectivity index (χ2v) is 13.2. The monoisotopic (exact) mass is 548 g/mol. The van der Waals surface area contributed by atoms with E-state index in [1.165, 1.54) is 70.1 Å². The molecule has 3 nitrogen and oxygen atoms in total. The molecule has 0 bridgehead atoms. The van der Waals surface area contributed by atoms with Crippen molar-refractivity contribution < 1.29 is 17.9 Å². The quantitative estimate of drug-likeness (QED) is 0.124. The Morgan fingerprint density at radius 2 is 1.61 bits per heavy atom. The number of nitrogens with zero attached hydrogens (tertiary/aromatic N) is 2. The van der Waals surface area contributed by atoms with E-state index < -0.39 is 32.9 Å². The second-order valence-electron chi connectivity index (χ2n) is 8.38. The van der Waals surface area contributed by atoms with Gasteiger partial charge in [-0.25, -0.2) is 0 Å². The van der Waals surface area contributed by atoms with Crippen LogP contribution in [0.3, 0.4) is 0 Å². The Hall–Kier alpha value is -0.631. The first-order valence-corrected chi connectivity index (χ1v) is 15.1. The van der Waals surface area contributed by atoms with Crippen LogP contribution in [-0.2, 0) is 10.9 Å². The molecule has 176 valence electrons. The molecule has 0 unspecified atom stereocenters. The third kappa shape index (κ3) is 11.7. The molecule has 0 fully saturated rings. The van der Waals surface area contributed by atoms with Gasteiger partial charge in [-0.15, -0.1) is 0 Å². The molecule has 0 saturated carbocycles. The zero-order valence-corrected chi connectivity index (χ0v) is 22.5. The van der Waals surface area contributed by atoms with Gasteiger partial charge in [0.1, 0.15) is 0 Å². The predicted molar refractivity (Wildman–Crippen MR) is 124 cm³/mol. The first-order chi connectivity index (χ1) is 14.8. The van der Waals surface area contributed by atoms with E-state index in [1.807, 2.05) is 6.92 Å². The van der Waals surface area contributed by atoms with Gasteiger partial charge in [0.2, 0.25) is 0 Å². The van der Waals surface area contributed by atoms with E-state index in [4.69, 9.17) is 4.74 Å². The Morgan fingerprint density at radius 3 is 2.06 bits per heavy atom. The molecule has 31 heavy (non-hydrogen) atoms. The third-order valence-corrected chi connectivity index (χ3v) is 10.8. The molecule has 1 aromatic heterocycles. The molecule has 2 radical (unpaired) electrons. The molecule has 1 rings (SSSR count). The average molecular weight is 547 g/mol. The average Bonchev–Trinajstić information content (AvgIpc) is 2.75. The summed E-state index contributed by atoms with van der Waals surface area (Å²) in [4.78, 5) is 8.22. The van der Waals surface area contributed by atoms with Gasteiger partial charge < -0.3 is 0 Å². The second kappa shape index (κ2) is 15.2. The van der Waals surface area contributed by atoms with Crippen molar-refractivity contribution in [1.82, 2.24) is 4.98 Å². The molecule has 0 spiro atoms. The van der Waals surface area contributed by atoms with Crippen molar-refractivity contribution in [3.63, 3.8) is 0 Å². The van der Waals surface area contributed by atoms with E-state index in [-0.39, 0.29) is 6.04 Å². The van der Waals surface area contributed by atoms with E-state index in [9.17, 15) is 13.2 Å². The number of halogens is 3. The fraction of sp³-hybridized carbons (Fsp3) is 0.750. The zero-order chi connectivity index (χ0) is 23.2. The van der Waals surface area contributed by atoms with Gasteiger partial charge >= 0.3 is 197 Å². The van der Waals surface area contributed by atoms with Crippen molar-refractivity contribution in [2.75, 3.05) is 11.2 Å². The van der Waals surface area contributed by atoms with E-state index in [1.54, 1.807) is 0 Å². The molecular formula is C24H39F3N2OSn. The number of aromatic nitrogens is 1. The summed E-state index contributed by atoms with van der Waals surface area (Å²) < 4.78 is 45.3. The van der Waals surface area contributed by atoms with Crippen LogP contribution in [-0.4, -0.2) is 49.6 Å². The minimum atomic E-state index is -4.37. The Kier molecular flexibility index (Phi) is 14.0. The third-order valence-electron chi connectivity index (χ3n) is 5.51. The molecule has 0 aliphatic heterocycles. The topological polar surface area (TPSA) is 34.5 Å². The minimum absolute atomic E-state index is 0.0419. The normalized spacial score (nSPS) is 13.8. The first-order valence-electron chi connectivity index (χ1n) is 11.7. The SMILES string of the molecule is CCCC[C](CCCC)(CCCC)[Sn][CH2]OC[C@@H](C)N=Cc1ccc(C(F)(F)F)cn1. The number of pyridine rings is 1. The fourth-order valence-electron chi connectivity index (χ4n) is 3.52. The van der Waals surface area contributed by atoms with Gasteiger partial charge in [-0.2, -0.15) is 0 Å². The molecule has 0 aromatic carbocycles. The van der Waals surface area contributed by atoms with Crippen molar-refractivity contribution in [3.05, 3.63) is 29.6 Å². The maximum absolute atomic E-state index is 12.6.